The summed E-state index contributed by atoms with van der Waals surface area (Å²) in [5, 5.41) is 8.25. The highest BCUT2D eigenvalue weighted by molar-refractivity contribution is 7.90. The van der Waals surface area contributed by atoms with Crippen molar-refractivity contribution in [2.45, 2.75) is 31.6 Å². The summed E-state index contributed by atoms with van der Waals surface area (Å²) in [4.78, 5) is 10.8. The van der Waals surface area contributed by atoms with Crippen molar-refractivity contribution < 1.29 is 18.3 Å². The quantitative estimate of drug-likeness (QED) is 0.822. The van der Waals surface area contributed by atoms with Crippen molar-refractivity contribution in [3.63, 3.8) is 0 Å². The molecule has 0 radical (unpaired) electrons. The smallest absolute Gasteiger partial charge is 0.305 e. The monoisotopic (exact) mass is 271 g/mol. The largest absolute Gasteiger partial charge is 0.481 e. The van der Waals surface area contributed by atoms with E-state index in [0.717, 1.165) is 0 Å². The maximum Gasteiger partial charge on any atom is 0.305 e. The molecule has 100 valence electrons. The van der Waals surface area contributed by atoms with Gasteiger partial charge in [-0.25, -0.2) is 13.1 Å². The zero-order chi connectivity index (χ0) is 13.8. The van der Waals surface area contributed by atoms with Crippen molar-refractivity contribution in [3.8, 4) is 0 Å². The Bertz CT molecular complexity index is 496. The number of carboxylic acids is 1. The van der Waals surface area contributed by atoms with Crippen LogP contribution in [0.3, 0.4) is 0 Å². The number of benzene rings is 1. The lowest BCUT2D eigenvalue weighted by molar-refractivity contribution is -0.137. The second kappa shape index (κ2) is 5.97. The number of aliphatic carboxylic acids is 1. The van der Waals surface area contributed by atoms with Crippen LogP contribution in [0.25, 0.3) is 0 Å². The normalized spacial score (nSPS) is 13.5. The van der Waals surface area contributed by atoms with E-state index < -0.39 is 27.3 Å². The number of hydrogen-bond acceptors (Lipinski definition) is 3. The van der Waals surface area contributed by atoms with Crippen LogP contribution in [0.4, 0.5) is 0 Å². The van der Waals surface area contributed by atoms with E-state index in [9.17, 15) is 13.2 Å². The van der Waals surface area contributed by atoms with E-state index in [2.05, 4.69) is 4.72 Å². The predicted octanol–water partition coefficient (Wildman–Crippen LogP) is 1.53. The van der Waals surface area contributed by atoms with Crippen molar-refractivity contribution in [1.29, 1.82) is 0 Å². The van der Waals surface area contributed by atoms with Crippen LogP contribution >= 0.6 is 0 Å². The summed E-state index contributed by atoms with van der Waals surface area (Å²) in [5.41, 5.74) is 0.643. The molecule has 0 saturated heterocycles. The van der Waals surface area contributed by atoms with Gasteiger partial charge < -0.3 is 5.11 Å². The topological polar surface area (TPSA) is 83.5 Å². The molecule has 0 spiro atoms. The standard InChI is InChI=1S/C12H17NO4S/c1-9(2)18(16,17)13-11(8-12(14)15)10-6-4-3-5-7-10/h3-7,9,11,13H,8H2,1-2H3,(H,14,15). The third-order valence-corrected chi connectivity index (χ3v) is 4.36. The summed E-state index contributed by atoms with van der Waals surface area (Å²) < 4.78 is 26.0. The van der Waals surface area contributed by atoms with Crippen LogP contribution in [-0.4, -0.2) is 24.7 Å². The third kappa shape index (κ3) is 4.12. The maximum absolute atomic E-state index is 11.8. The second-order valence-corrected chi connectivity index (χ2v) is 6.54. The molecule has 0 aliphatic heterocycles. The zero-order valence-electron chi connectivity index (χ0n) is 10.3. The summed E-state index contributed by atoms with van der Waals surface area (Å²) in [6.45, 7) is 3.09. The first-order valence-electron chi connectivity index (χ1n) is 5.61. The summed E-state index contributed by atoms with van der Waals surface area (Å²) in [6, 6.07) is 7.95. The first-order valence-corrected chi connectivity index (χ1v) is 7.15. The van der Waals surface area contributed by atoms with Gasteiger partial charge in [-0.1, -0.05) is 30.3 Å². The van der Waals surface area contributed by atoms with E-state index in [1.54, 1.807) is 44.2 Å². The molecule has 0 aliphatic rings. The molecule has 1 atom stereocenters. The van der Waals surface area contributed by atoms with E-state index in [4.69, 9.17) is 5.11 Å². The Hall–Kier alpha value is -1.40. The average molecular weight is 271 g/mol. The Morgan fingerprint density at radius 2 is 1.83 bits per heavy atom. The fourth-order valence-corrected chi connectivity index (χ4v) is 2.31. The molecule has 0 heterocycles. The molecule has 0 fully saturated rings. The van der Waals surface area contributed by atoms with Gasteiger partial charge in [0.2, 0.25) is 10.0 Å². The Labute approximate surface area is 107 Å². The van der Waals surface area contributed by atoms with Gasteiger partial charge in [0.15, 0.2) is 0 Å². The molecular weight excluding hydrogens is 254 g/mol. The molecule has 0 amide bonds. The molecule has 0 aliphatic carbocycles. The van der Waals surface area contributed by atoms with Gasteiger partial charge in [-0.05, 0) is 19.4 Å². The molecule has 5 nitrogen and oxygen atoms in total. The minimum atomic E-state index is -3.50. The van der Waals surface area contributed by atoms with Crippen LogP contribution in [0.5, 0.6) is 0 Å². The lowest BCUT2D eigenvalue weighted by atomic mass is 10.1. The van der Waals surface area contributed by atoms with E-state index in [-0.39, 0.29) is 6.42 Å². The fourth-order valence-electron chi connectivity index (χ4n) is 1.42. The number of nitrogens with one attached hydrogen (secondary N) is 1. The van der Waals surface area contributed by atoms with E-state index in [1.165, 1.54) is 0 Å². The number of carbonyl (C=O) groups is 1. The van der Waals surface area contributed by atoms with Gasteiger partial charge in [-0.2, -0.15) is 0 Å². The second-order valence-electron chi connectivity index (χ2n) is 4.27. The van der Waals surface area contributed by atoms with Crippen LogP contribution in [-0.2, 0) is 14.8 Å². The SMILES string of the molecule is CC(C)S(=O)(=O)NC(CC(=O)O)c1ccccc1. The van der Waals surface area contributed by atoms with Crippen molar-refractivity contribution in [1.82, 2.24) is 4.72 Å². The predicted molar refractivity (Wildman–Crippen MR) is 68.6 cm³/mol. The fraction of sp³-hybridized carbons (Fsp3) is 0.417. The molecule has 6 heteroatoms. The van der Waals surface area contributed by atoms with E-state index in [1.807, 2.05) is 0 Å². The molecule has 2 N–H and O–H groups in total. The molecule has 0 aromatic heterocycles. The molecule has 1 rings (SSSR count). The van der Waals surface area contributed by atoms with Gasteiger partial charge in [-0.15, -0.1) is 0 Å². The van der Waals surface area contributed by atoms with Gasteiger partial charge in [0.25, 0.3) is 0 Å². The number of hydrogen-bond donors (Lipinski definition) is 2. The van der Waals surface area contributed by atoms with Crippen molar-refractivity contribution in [2.75, 3.05) is 0 Å². The van der Waals surface area contributed by atoms with Crippen molar-refractivity contribution in [2.24, 2.45) is 0 Å². The van der Waals surface area contributed by atoms with Gasteiger partial charge in [-0.3, -0.25) is 4.79 Å². The number of sulfonamides is 1. The van der Waals surface area contributed by atoms with Gasteiger partial charge in [0.1, 0.15) is 0 Å². The van der Waals surface area contributed by atoms with Crippen LogP contribution in [0.1, 0.15) is 31.9 Å². The van der Waals surface area contributed by atoms with Crippen LogP contribution in [0, 0.1) is 0 Å². The molecule has 0 bridgehead atoms. The van der Waals surface area contributed by atoms with E-state index in [0.29, 0.717) is 5.56 Å². The lowest BCUT2D eigenvalue weighted by Crippen LogP contribution is -2.35. The molecule has 0 saturated carbocycles. The van der Waals surface area contributed by atoms with Crippen LogP contribution in [0.2, 0.25) is 0 Å². The maximum atomic E-state index is 11.8. The van der Waals surface area contributed by atoms with E-state index >= 15 is 0 Å². The molecule has 18 heavy (non-hydrogen) atoms. The Balaban J connectivity index is 2.97. The minimum absolute atomic E-state index is 0.282. The zero-order valence-corrected chi connectivity index (χ0v) is 11.1. The Morgan fingerprint density at radius 3 is 2.28 bits per heavy atom. The first kappa shape index (κ1) is 14.7. The summed E-state index contributed by atoms with van der Waals surface area (Å²) in [7, 11) is -3.50. The lowest BCUT2D eigenvalue weighted by Gasteiger charge is -2.19. The molecule has 1 aromatic carbocycles. The first-order chi connectivity index (χ1) is 8.33. The molecule has 1 aromatic rings. The van der Waals surface area contributed by atoms with Gasteiger partial charge >= 0.3 is 5.97 Å². The highest BCUT2D eigenvalue weighted by Gasteiger charge is 2.24. The summed E-state index contributed by atoms with van der Waals surface area (Å²) >= 11 is 0. The third-order valence-electron chi connectivity index (χ3n) is 2.51. The molecule has 1 unspecified atom stereocenters. The van der Waals surface area contributed by atoms with Gasteiger partial charge in [0.05, 0.1) is 17.7 Å². The highest BCUT2D eigenvalue weighted by atomic mass is 32.2. The van der Waals surface area contributed by atoms with Crippen LogP contribution in [0.15, 0.2) is 30.3 Å². The van der Waals surface area contributed by atoms with Crippen molar-refractivity contribution in [3.05, 3.63) is 35.9 Å². The Morgan fingerprint density at radius 1 is 1.28 bits per heavy atom. The number of rotatable bonds is 6. The Kier molecular flexibility index (Phi) is 4.86. The average Bonchev–Trinajstić information content (AvgIpc) is 2.28. The number of carboxylic acid groups (broad SMARTS) is 1. The highest BCUT2D eigenvalue weighted by Crippen LogP contribution is 2.18. The minimum Gasteiger partial charge on any atom is -0.481 e. The van der Waals surface area contributed by atoms with Gasteiger partial charge in [0, 0.05) is 0 Å². The van der Waals surface area contributed by atoms with Crippen LogP contribution < -0.4 is 4.72 Å². The summed E-state index contributed by atoms with van der Waals surface area (Å²) in [6.07, 6.45) is -0.282. The van der Waals surface area contributed by atoms with Crippen molar-refractivity contribution >= 4 is 16.0 Å². The molecular formula is C12H17NO4S. The summed E-state index contributed by atoms with van der Waals surface area (Å²) in [5.74, 6) is -1.05.